The number of carbonyl (C=O) groups excluding carboxylic acids is 4. The number of phenolic OH excluding ortho intramolecular Hbond substituents is 1. The van der Waals surface area contributed by atoms with E-state index >= 15 is 0 Å². The van der Waals surface area contributed by atoms with Crippen LogP contribution in [0.1, 0.15) is 56.8 Å². The molecule has 0 spiro atoms. The number of nitrogens with two attached hydrogens (primary N) is 2. The van der Waals surface area contributed by atoms with Crippen molar-refractivity contribution in [1.29, 1.82) is 0 Å². The van der Waals surface area contributed by atoms with Gasteiger partial charge in [0.2, 0.25) is 5.78 Å². The van der Waals surface area contributed by atoms with Gasteiger partial charge < -0.3 is 41.5 Å². The molecule has 1 saturated carbocycles. The van der Waals surface area contributed by atoms with Crippen molar-refractivity contribution in [2.24, 2.45) is 23.3 Å². The molecule has 234 valence electrons. The van der Waals surface area contributed by atoms with E-state index in [1.807, 2.05) is 20.8 Å². The molecule has 8 N–H and O–H groups in total. The molecule has 4 rings (SSSR count). The van der Waals surface area contributed by atoms with E-state index in [0.717, 1.165) is 0 Å². The maximum atomic E-state index is 14.4. The number of hydrogen-bond donors (Lipinski definition) is 6. The topological polar surface area (TPSA) is 217 Å². The van der Waals surface area contributed by atoms with Gasteiger partial charge in [-0.25, -0.2) is 0 Å². The van der Waals surface area contributed by atoms with Crippen LogP contribution in [-0.2, 0) is 29.3 Å². The van der Waals surface area contributed by atoms with Crippen molar-refractivity contribution in [3.8, 4) is 5.75 Å². The lowest BCUT2D eigenvalue weighted by atomic mass is 9.55. The number of fused-ring (bicyclic) bond motifs is 3. The third kappa shape index (κ3) is 4.40. The molecule has 0 saturated heterocycles. The first-order valence-electron chi connectivity index (χ1n) is 13.9. The van der Waals surface area contributed by atoms with Gasteiger partial charge in [-0.2, -0.15) is 0 Å². The van der Waals surface area contributed by atoms with Crippen LogP contribution in [0.4, 0.5) is 5.69 Å². The average Bonchev–Trinajstić information content (AvgIpc) is 2.88. The van der Waals surface area contributed by atoms with Gasteiger partial charge in [0.05, 0.1) is 17.5 Å². The fourth-order valence-corrected chi connectivity index (χ4v) is 6.76. The molecule has 1 fully saturated rings. The molecular weight excluding hydrogens is 560 g/mol. The minimum absolute atomic E-state index is 0.132. The van der Waals surface area contributed by atoms with Crippen LogP contribution in [0.5, 0.6) is 5.75 Å². The van der Waals surface area contributed by atoms with E-state index < -0.39 is 87.1 Å². The summed E-state index contributed by atoms with van der Waals surface area (Å²) in [4.78, 5) is 56.2. The van der Waals surface area contributed by atoms with Gasteiger partial charge in [0, 0.05) is 54.9 Å². The van der Waals surface area contributed by atoms with E-state index in [1.54, 1.807) is 25.1 Å². The second-order valence-corrected chi connectivity index (χ2v) is 12.8. The molecule has 43 heavy (non-hydrogen) atoms. The first-order valence-corrected chi connectivity index (χ1v) is 13.9. The number of carbonyl (C=O) groups is 4. The molecule has 1 aromatic rings. The largest absolute Gasteiger partial charge is 0.508 e. The Labute approximate surface area is 249 Å². The fraction of sp³-hybridized carbons (Fsp3) is 0.533. The zero-order valence-corrected chi connectivity index (χ0v) is 25.6. The number of ketones is 2. The number of likely N-dealkylation sites (N-methyl/N-ethyl adjacent to an activating group) is 1. The maximum Gasteiger partial charge on any atom is 0.305 e. The third-order valence-corrected chi connectivity index (χ3v) is 8.75. The number of phenols is 1. The van der Waals surface area contributed by atoms with Crippen LogP contribution in [0.2, 0.25) is 0 Å². The van der Waals surface area contributed by atoms with Crippen molar-refractivity contribution in [2.75, 3.05) is 33.1 Å². The summed E-state index contributed by atoms with van der Waals surface area (Å²) in [5.74, 6) is -9.82. The summed E-state index contributed by atoms with van der Waals surface area (Å²) in [7, 11) is 6.36. The summed E-state index contributed by atoms with van der Waals surface area (Å²) >= 11 is 0. The van der Waals surface area contributed by atoms with Crippen LogP contribution in [0, 0.1) is 11.8 Å². The van der Waals surface area contributed by atoms with E-state index in [2.05, 4.69) is 0 Å². The predicted octanol–water partition coefficient (Wildman–Crippen LogP) is 0.717. The molecule has 1 amide bonds. The standard InChI is InChI=1S/C30H40N4O9/c1-9-13(35)43-25-15-17(26(39)30(42)19(25)21(34(7)8)24(38)18(27(30)40)28(32)41)23(37)16-14(20(15)31)12(33(5)6)10-11(22(16)36)29(2,3)4/h10,15,19-21,25,36-37,40,42H,9,31H2,1-8H3,(H2,32,41). The second kappa shape index (κ2) is 10.4. The molecule has 13 heteroatoms. The summed E-state index contributed by atoms with van der Waals surface area (Å²) in [6.07, 6.45) is -1.70. The minimum Gasteiger partial charge on any atom is -0.508 e. The highest BCUT2D eigenvalue weighted by Crippen LogP contribution is 2.58. The number of benzene rings is 1. The van der Waals surface area contributed by atoms with Gasteiger partial charge in [0.25, 0.3) is 5.91 Å². The highest BCUT2D eigenvalue weighted by Gasteiger charge is 2.70. The lowest BCUT2D eigenvalue weighted by molar-refractivity contribution is -0.185. The molecule has 0 aliphatic heterocycles. The van der Waals surface area contributed by atoms with Crippen molar-refractivity contribution in [1.82, 2.24) is 4.90 Å². The zero-order valence-electron chi connectivity index (χ0n) is 25.6. The van der Waals surface area contributed by atoms with Gasteiger partial charge in [-0.3, -0.25) is 24.1 Å². The molecule has 6 unspecified atom stereocenters. The Balaban J connectivity index is 2.19. The number of esters is 1. The first kappa shape index (κ1) is 32.0. The van der Waals surface area contributed by atoms with Gasteiger partial charge in [-0.1, -0.05) is 27.7 Å². The molecular formula is C30H40N4O9. The smallest absolute Gasteiger partial charge is 0.305 e. The number of anilines is 1. The van der Waals surface area contributed by atoms with Crippen LogP contribution >= 0.6 is 0 Å². The highest BCUT2D eigenvalue weighted by molar-refractivity contribution is 6.24. The number of aromatic hydroxyl groups is 1. The van der Waals surface area contributed by atoms with Crippen molar-refractivity contribution >= 4 is 34.9 Å². The summed E-state index contributed by atoms with van der Waals surface area (Å²) in [5, 5.41) is 46.7. The Morgan fingerprint density at radius 1 is 1.09 bits per heavy atom. The van der Waals surface area contributed by atoms with Crippen molar-refractivity contribution < 1.29 is 44.3 Å². The molecule has 6 atom stereocenters. The second-order valence-electron chi connectivity index (χ2n) is 12.8. The maximum absolute atomic E-state index is 14.4. The van der Waals surface area contributed by atoms with E-state index in [9.17, 15) is 39.6 Å². The van der Waals surface area contributed by atoms with E-state index in [-0.39, 0.29) is 23.3 Å². The number of primary amides is 1. The molecule has 0 heterocycles. The predicted molar refractivity (Wildman–Crippen MR) is 156 cm³/mol. The number of rotatable bonds is 5. The number of ether oxygens (including phenoxy) is 1. The Morgan fingerprint density at radius 3 is 2.14 bits per heavy atom. The number of nitrogens with zero attached hydrogens (tertiary/aromatic N) is 2. The van der Waals surface area contributed by atoms with Gasteiger partial charge >= 0.3 is 5.97 Å². The first-order chi connectivity index (χ1) is 19.7. The van der Waals surface area contributed by atoms with Crippen LogP contribution in [0.3, 0.4) is 0 Å². The molecule has 3 aliphatic carbocycles. The van der Waals surface area contributed by atoms with Gasteiger partial charge in [0.1, 0.15) is 28.9 Å². The average molecular weight is 601 g/mol. The number of aliphatic hydroxyl groups excluding tert-OH is 2. The Hall–Kier alpha value is -3.94. The fourth-order valence-electron chi connectivity index (χ4n) is 6.76. The van der Waals surface area contributed by atoms with Crippen molar-refractivity contribution in [2.45, 2.75) is 63.3 Å². The van der Waals surface area contributed by atoms with Gasteiger partial charge in [0.15, 0.2) is 11.4 Å². The molecule has 3 aliphatic rings. The van der Waals surface area contributed by atoms with Crippen LogP contribution in [0.15, 0.2) is 23.0 Å². The van der Waals surface area contributed by atoms with Crippen LogP contribution in [-0.4, -0.2) is 94.7 Å². The van der Waals surface area contributed by atoms with E-state index in [1.165, 1.54) is 25.9 Å². The number of amides is 1. The van der Waals surface area contributed by atoms with Crippen LogP contribution in [0.25, 0.3) is 5.76 Å². The Bertz CT molecular complexity index is 1500. The normalized spacial score (nSPS) is 28.9. The summed E-state index contributed by atoms with van der Waals surface area (Å²) in [5.41, 5.74) is 8.14. The summed E-state index contributed by atoms with van der Waals surface area (Å²) < 4.78 is 5.83. The number of hydrogen-bond acceptors (Lipinski definition) is 12. The lowest BCUT2D eigenvalue weighted by Gasteiger charge is -2.54. The monoisotopic (exact) mass is 600 g/mol. The number of aliphatic hydroxyl groups is 3. The third-order valence-electron chi connectivity index (χ3n) is 8.75. The van der Waals surface area contributed by atoms with Crippen molar-refractivity contribution in [3.63, 3.8) is 0 Å². The lowest BCUT2D eigenvalue weighted by Crippen LogP contribution is -2.71. The molecule has 13 nitrogen and oxygen atoms in total. The Kier molecular flexibility index (Phi) is 7.70. The van der Waals surface area contributed by atoms with E-state index in [4.69, 9.17) is 16.2 Å². The molecule has 1 aromatic carbocycles. The minimum atomic E-state index is -3.04. The highest BCUT2D eigenvalue weighted by atomic mass is 16.5. The van der Waals surface area contributed by atoms with Crippen molar-refractivity contribution in [3.05, 3.63) is 39.7 Å². The van der Waals surface area contributed by atoms with Gasteiger partial charge in [-0.05, 0) is 25.6 Å². The summed E-state index contributed by atoms with van der Waals surface area (Å²) in [6.45, 7) is 7.05. The summed E-state index contributed by atoms with van der Waals surface area (Å²) in [6, 6.07) is -0.979. The van der Waals surface area contributed by atoms with E-state index in [0.29, 0.717) is 11.3 Å². The number of Topliss-reactive ketones (excluding diaryl/α,β-unsaturated/α-hetero) is 2. The van der Waals surface area contributed by atoms with Gasteiger partial charge in [-0.15, -0.1) is 0 Å². The zero-order chi connectivity index (χ0) is 32.7. The molecule has 0 bridgehead atoms. The SMILES string of the molecule is CCC(=O)OC1C2C(=C(O)c3c(O)c(C(C)(C)C)cc(N(C)C)c3C2N)C(=O)C2(O)C(O)=C(C(N)=O)C(=O)C(N(C)C)C12. The Morgan fingerprint density at radius 2 is 1.67 bits per heavy atom. The molecule has 0 aromatic heterocycles. The van der Waals surface area contributed by atoms with Crippen LogP contribution < -0.4 is 16.4 Å². The molecule has 0 radical (unpaired) electrons. The quantitative estimate of drug-likeness (QED) is 0.203.